The van der Waals surface area contributed by atoms with E-state index < -0.39 is 16.7 Å². The second-order valence-electron chi connectivity index (χ2n) is 7.18. The molecule has 0 aromatic heterocycles. The minimum Gasteiger partial charge on any atom is -0.205 e. The van der Waals surface area contributed by atoms with Crippen molar-refractivity contribution >= 4 is 11.6 Å². The highest BCUT2D eigenvalue weighted by molar-refractivity contribution is 6.30. The van der Waals surface area contributed by atoms with Crippen LogP contribution in [0, 0.1) is 17.6 Å². The molecule has 0 nitrogen and oxygen atoms in total. The van der Waals surface area contributed by atoms with E-state index in [2.05, 4.69) is 27.4 Å². The van der Waals surface area contributed by atoms with Crippen LogP contribution in [0.5, 0.6) is 0 Å². The quantitative estimate of drug-likeness (QED) is 0.307. The van der Waals surface area contributed by atoms with Gasteiger partial charge in [-0.15, -0.1) is 6.58 Å². The van der Waals surface area contributed by atoms with E-state index in [0.717, 1.165) is 12.3 Å². The zero-order valence-corrected chi connectivity index (χ0v) is 18.5. The number of unbranched alkanes of at least 4 members (excludes halogenated alkanes) is 2. The van der Waals surface area contributed by atoms with Gasteiger partial charge in [0.2, 0.25) is 0 Å². The number of allylic oxidation sites excluding steroid dienone is 1. The predicted octanol–water partition coefficient (Wildman–Crippen LogP) is 9.16. The Morgan fingerprint density at radius 2 is 1.46 bits per heavy atom. The molecule has 0 radical (unpaired) electrons. The van der Waals surface area contributed by atoms with Crippen LogP contribution >= 0.6 is 11.6 Å². The SMILES string of the molecule is C=C(C)C.CCCCC(C)CCCC.CCCc1ccc(F)c(Cl)c1F. The summed E-state index contributed by atoms with van der Waals surface area (Å²) in [5, 5.41) is -0.402. The summed E-state index contributed by atoms with van der Waals surface area (Å²) in [5.41, 5.74) is 1.64. The van der Waals surface area contributed by atoms with Crippen molar-refractivity contribution in [2.45, 2.75) is 92.9 Å². The Morgan fingerprint density at radius 3 is 1.85 bits per heavy atom. The average molecular weight is 389 g/mol. The normalized spacial score (nSPS) is 9.92. The average Bonchev–Trinajstić information content (AvgIpc) is 2.59. The predicted molar refractivity (Wildman–Crippen MR) is 114 cm³/mol. The van der Waals surface area contributed by atoms with E-state index in [1.807, 2.05) is 20.8 Å². The van der Waals surface area contributed by atoms with E-state index in [-0.39, 0.29) is 0 Å². The van der Waals surface area contributed by atoms with Gasteiger partial charge in [0.05, 0.1) is 0 Å². The Balaban J connectivity index is 0. The molecular weight excluding hydrogens is 350 g/mol. The Bertz CT molecular complexity index is 471. The lowest BCUT2D eigenvalue weighted by Gasteiger charge is -2.08. The van der Waals surface area contributed by atoms with Crippen LogP contribution in [0.4, 0.5) is 8.78 Å². The first-order chi connectivity index (χ1) is 12.2. The van der Waals surface area contributed by atoms with Gasteiger partial charge in [-0.2, -0.15) is 0 Å². The number of hydrogen-bond donors (Lipinski definition) is 0. The van der Waals surface area contributed by atoms with E-state index >= 15 is 0 Å². The van der Waals surface area contributed by atoms with Crippen molar-refractivity contribution < 1.29 is 8.78 Å². The first-order valence-electron chi connectivity index (χ1n) is 9.95. The van der Waals surface area contributed by atoms with Crippen LogP contribution in [0.3, 0.4) is 0 Å². The number of benzene rings is 1. The van der Waals surface area contributed by atoms with E-state index in [4.69, 9.17) is 11.6 Å². The Kier molecular flexibility index (Phi) is 18.4. The van der Waals surface area contributed by atoms with Gasteiger partial charge in [-0.1, -0.05) is 95.9 Å². The molecule has 0 aliphatic heterocycles. The summed E-state index contributed by atoms with van der Waals surface area (Å²) in [5.74, 6) is -0.354. The molecular formula is C23H39ClF2. The highest BCUT2D eigenvalue weighted by Crippen LogP contribution is 2.22. The maximum atomic E-state index is 13.1. The van der Waals surface area contributed by atoms with Crippen LogP contribution in [-0.2, 0) is 6.42 Å². The number of hydrogen-bond acceptors (Lipinski definition) is 0. The Labute approximate surface area is 166 Å². The molecule has 1 aromatic rings. The summed E-state index contributed by atoms with van der Waals surface area (Å²) < 4.78 is 25.7. The molecule has 0 N–H and O–H groups in total. The van der Waals surface area contributed by atoms with Crippen molar-refractivity contribution in [3.05, 3.63) is 46.5 Å². The molecule has 0 unspecified atom stereocenters. The molecule has 0 saturated heterocycles. The van der Waals surface area contributed by atoms with Gasteiger partial charge in [0, 0.05) is 0 Å². The molecule has 0 aliphatic rings. The minimum absolute atomic E-state index is 0.402. The molecule has 152 valence electrons. The van der Waals surface area contributed by atoms with Gasteiger partial charge >= 0.3 is 0 Å². The molecule has 0 atom stereocenters. The summed E-state index contributed by atoms with van der Waals surface area (Å²) in [6, 6.07) is 2.62. The monoisotopic (exact) mass is 388 g/mol. The first-order valence-corrected chi connectivity index (χ1v) is 10.3. The largest absolute Gasteiger partial charge is 0.205 e. The van der Waals surface area contributed by atoms with Crippen LogP contribution in [0.25, 0.3) is 0 Å². The van der Waals surface area contributed by atoms with Crippen molar-refractivity contribution in [2.75, 3.05) is 0 Å². The van der Waals surface area contributed by atoms with Crippen LogP contribution in [0.15, 0.2) is 24.3 Å². The fourth-order valence-electron chi connectivity index (χ4n) is 2.28. The third kappa shape index (κ3) is 15.4. The molecule has 0 aliphatic carbocycles. The van der Waals surface area contributed by atoms with Gasteiger partial charge in [0.1, 0.15) is 16.7 Å². The van der Waals surface area contributed by atoms with E-state index in [0.29, 0.717) is 12.0 Å². The summed E-state index contributed by atoms with van der Waals surface area (Å²) in [6.07, 6.45) is 9.85. The topological polar surface area (TPSA) is 0 Å². The van der Waals surface area contributed by atoms with Gasteiger partial charge in [-0.05, 0) is 37.8 Å². The maximum Gasteiger partial charge on any atom is 0.147 e. The fourth-order valence-corrected chi connectivity index (χ4v) is 2.46. The van der Waals surface area contributed by atoms with Crippen molar-refractivity contribution in [3.63, 3.8) is 0 Å². The molecule has 0 heterocycles. The number of halogens is 3. The highest BCUT2D eigenvalue weighted by Gasteiger charge is 2.10. The molecule has 0 saturated carbocycles. The first kappa shape index (κ1) is 27.3. The molecule has 1 aromatic carbocycles. The van der Waals surface area contributed by atoms with Gasteiger partial charge in [-0.25, -0.2) is 8.78 Å². The molecule has 0 fully saturated rings. The second-order valence-corrected chi connectivity index (χ2v) is 7.56. The van der Waals surface area contributed by atoms with Gasteiger partial charge in [0.15, 0.2) is 0 Å². The summed E-state index contributed by atoms with van der Waals surface area (Å²) in [7, 11) is 0. The van der Waals surface area contributed by atoms with Crippen molar-refractivity contribution in [1.82, 2.24) is 0 Å². The van der Waals surface area contributed by atoms with E-state index in [1.165, 1.54) is 56.2 Å². The standard InChI is InChI=1S/C10H22.C9H9ClF2.C4H8/c1-4-6-8-10(3)9-7-5-2;1-2-3-6-4-5-7(11)8(10)9(6)12;1-4(2)3/h10H,4-9H2,1-3H3;4-5H,2-3H2,1H3;1H2,2-3H3. The molecule has 0 spiro atoms. The van der Waals surface area contributed by atoms with Gasteiger partial charge in [0.25, 0.3) is 0 Å². The van der Waals surface area contributed by atoms with Crippen LogP contribution in [0.2, 0.25) is 5.02 Å². The summed E-state index contributed by atoms with van der Waals surface area (Å²) in [6.45, 7) is 16.3. The van der Waals surface area contributed by atoms with Crippen molar-refractivity contribution in [1.29, 1.82) is 0 Å². The zero-order chi connectivity index (χ0) is 20.5. The van der Waals surface area contributed by atoms with E-state index in [1.54, 1.807) is 0 Å². The maximum absolute atomic E-state index is 13.1. The smallest absolute Gasteiger partial charge is 0.147 e. The van der Waals surface area contributed by atoms with Crippen LogP contribution < -0.4 is 0 Å². The Hall–Kier alpha value is -0.890. The van der Waals surface area contributed by atoms with Gasteiger partial charge < -0.3 is 0 Å². The molecule has 26 heavy (non-hydrogen) atoms. The molecule has 3 heteroatoms. The zero-order valence-electron chi connectivity index (χ0n) is 17.7. The molecule has 0 amide bonds. The second kappa shape index (κ2) is 17.5. The van der Waals surface area contributed by atoms with Crippen LogP contribution in [-0.4, -0.2) is 0 Å². The summed E-state index contributed by atoms with van der Waals surface area (Å²) >= 11 is 5.37. The van der Waals surface area contributed by atoms with Crippen molar-refractivity contribution in [2.24, 2.45) is 5.92 Å². The fraction of sp³-hybridized carbons (Fsp3) is 0.652. The van der Waals surface area contributed by atoms with Gasteiger partial charge in [-0.3, -0.25) is 0 Å². The molecule has 1 rings (SSSR count). The number of rotatable bonds is 8. The number of aryl methyl sites for hydroxylation is 1. The lowest BCUT2D eigenvalue weighted by atomic mass is 9.98. The minimum atomic E-state index is -0.700. The lowest BCUT2D eigenvalue weighted by molar-refractivity contribution is 0.454. The lowest BCUT2D eigenvalue weighted by Crippen LogP contribution is -1.93. The van der Waals surface area contributed by atoms with Crippen molar-refractivity contribution in [3.8, 4) is 0 Å². The molecule has 0 bridgehead atoms. The summed E-state index contributed by atoms with van der Waals surface area (Å²) in [4.78, 5) is 0. The van der Waals surface area contributed by atoms with Crippen LogP contribution in [0.1, 0.15) is 92.1 Å². The Morgan fingerprint density at radius 1 is 1.00 bits per heavy atom. The third-order valence-electron chi connectivity index (χ3n) is 3.74. The highest BCUT2D eigenvalue weighted by atomic mass is 35.5. The third-order valence-corrected chi connectivity index (χ3v) is 4.08. The van der Waals surface area contributed by atoms with E-state index in [9.17, 15) is 8.78 Å².